The van der Waals surface area contributed by atoms with Crippen LogP contribution >= 0.6 is 24.8 Å². The number of hydrogen-bond donors (Lipinski definition) is 2. The molecule has 1 saturated heterocycles. The molecule has 0 bridgehead atoms. The van der Waals surface area contributed by atoms with E-state index in [1.165, 1.54) is 5.56 Å². The molecule has 1 heterocycles. The highest BCUT2D eigenvalue weighted by Crippen LogP contribution is 2.13. The first-order valence-electron chi connectivity index (χ1n) is 7.44. The Kier molecular flexibility index (Phi) is 10.4. The second kappa shape index (κ2) is 10.8. The van der Waals surface area contributed by atoms with Gasteiger partial charge in [0.05, 0.1) is 0 Å². The molecule has 2 unspecified atom stereocenters. The molecular formula is C16H27Cl2N3O. The van der Waals surface area contributed by atoms with E-state index in [0.717, 1.165) is 32.5 Å². The monoisotopic (exact) mass is 347 g/mol. The predicted molar refractivity (Wildman–Crippen MR) is 95.6 cm³/mol. The Morgan fingerprint density at radius 2 is 2.05 bits per heavy atom. The molecule has 1 aromatic carbocycles. The summed E-state index contributed by atoms with van der Waals surface area (Å²) >= 11 is 0. The van der Waals surface area contributed by atoms with Gasteiger partial charge in [0.2, 0.25) is 5.91 Å². The number of halogens is 2. The van der Waals surface area contributed by atoms with Gasteiger partial charge in [-0.25, -0.2) is 0 Å². The minimum Gasteiger partial charge on any atom is -0.352 e. The Morgan fingerprint density at radius 3 is 2.68 bits per heavy atom. The van der Waals surface area contributed by atoms with Crippen molar-refractivity contribution >= 4 is 30.7 Å². The molecule has 1 fully saturated rings. The molecule has 6 heteroatoms. The Bertz CT molecular complexity index is 429. The van der Waals surface area contributed by atoms with E-state index in [9.17, 15) is 4.79 Å². The van der Waals surface area contributed by atoms with Gasteiger partial charge < -0.3 is 11.1 Å². The lowest BCUT2D eigenvalue weighted by atomic mass is 10.0. The van der Waals surface area contributed by atoms with Crippen molar-refractivity contribution < 1.29 is 4.79 Å². The molecule has 4 nitrogen and oxygen atoms in total. The van der Waals surface area contributed by atoms with Crippen LogP contribution in [0.5, 0.6) is 0 Å². The van der Waals surface area contributed by atoms with Crippen molar-refractivity contribution in [3.63, 3.8) is 0 Å². The summed E-state index contributed by atoms with van der Waals surface area (Å²) in [5.41, 5.74) is 6.99. The Morgan fingerprint density at radius 1 is 1.36 bits per heavy atom. The number of amides is 1. The van der Waals surface area contributed by atoms with Crippen LogP contribution in [0.25, 0.3) is 0 Å². The van der Waals surface area contributed by atoms with Gasteiger partial charge in [0.15, 0.2) is 0 Å². The molecule has 1 aliphatic rings. The molecular weight excluding hydrogens is 321 g/mol. The smallest absolute Gasteiger partial charge is 0.221 e. The maximum atomic E-state index is 11.8. The van der Waals surface area contributed by atoms with Gasteiger partial charge in [0.1, 0.15) is 0 Å². The van der Waals surface area contributed by atoms with Crippen LogP contribution in [-0.4, -0.2) is 36.0 Å². The number of likely N-dealkylation sites (tertiary alicyclic amines) is 1. The average Bonchev–Trinajstić information content (AvgIpc) is 2.39. The van der Waals surface area contributed by atoms with Gasteiger partial charge in [-0.15, -0.1) is 24.8 Å². The van der Waals surface area contributed by atoms with E-state index in [4.69, 9.17) is 5.73 Å². The molecule has 1 aromatic rings. The largest absolute Gasteiger partial charge is 0.352 e. The number of nitrogens with one attached hydrogen (secondary N) is 1. The van der Waals surface area contributed by atoms with Crippen molar-refractivity contribution in [2.45, 2.75) is 44.8 Å². The number of nitrogens with zero attached hydrogens (tertiary/aromatic N) is 1. The number of nitrogens with two attached hydrogens (primary N) is 1. The fourth-order valence-corrected chi connectivity index (χ4v) is 2.74. The number of hydrogen-bond acceptors (Lipinski definition) is 3. The summed E-state index contributed by atoms with van der Waals surface area (Å²) in [6, 6.07) is 10.7. The van der Waals surface area contributed by atoms with Crippen LogP contribution in [0.2, 0.25) is 0 Å². The maximum Gasteiger partial charge on any atom is 0.221 e. The van der Waals surface area contributed by atoms with Crippen LogP contribution < -0.4 is 11.1 Å². The standard InChI is InChI=1S/C16H25N3O.2ClH/c1-13(17)10-16(20)18-15-8-5-9-19(12-15)11-14-6-3-2-4-7-14;;/h2-4,6-7,13,15H,5,8-12,17H2,1H3,(H,18,20);2*1H. The highest BCUT2D eigenvalue weighted by molar-refractivity contribution is 5.85. The summed E-state index contributed by atoms with van der Waals surface area (Å²) in [6.45, 7) is 4.86. The minimum atomic E-state index is -0.0704. The van der Waals surface area contributed by atoms with Crippen LogP contribution in [-0.2, 0) is 11.3 Å². The van der Waals surface area contributed by atoms with Gasteiger partial charge in [-0.1, -0.05) is 30.3 Å². The molecule has 1 amide bonds. The van der Waals surface area contributed by atoms with Crippen molar-refractivity contribution in [2.75, 3.05) is 13.1 Å². The summed E-state index contributed by atoms with van der Waals surface area (Å²) < 4.78 is 0. The molecule has 0 spiro atoms. The van der Waals surface area contributed by atoms with Crippen molar-refractivity contribution in [1.29, 1.82) is 0 Å². The van der Waals surface area contributed by atoms with Crippen LogP contribution in [0.4, 0.5) is 0 Å². The first kappa shape index (κ1) is 21.2. The van der Waals surface area contributed by atoms with Gasteiger partial charge in [-0.2, -0.15) is 0 Å². The third-order valence-corrected chi connectivity index (χ3v) is 3.63. The van der Waals surface area contributed by atoms with Gasteiger partial charge in [-0.05, 0) is 31.9 Å². The average molecular weight is 348 g/mol. The minimum absolute atomic E-state index is 0. The molecule has 2 atom stereocenters. The number of piperidine rings is 1. The molecule has 3 N–H and O–H groups in total. The number of carbonyl (C=O) groups excluding carboxylic acids is 1. The fraction of sp³-hybridized carbons (Fsp3) is 0.562. The summed E-state index contributed by atoms with van der Waals surface area (Å²) in [6.07, 6.45) is 2.61. The lowest BCUT2D eigenvalue weighted by molar-refractivity contribution is -0.122. The van der Waals surface area contributed by atoms with Crippen LogP contribution in [0.15, 0.2) is 30.3 Å². The van der Waals surface area contributed by atoms with E-state index in [1.807, 2.05) is 13.0 Å². The predicted octanol–water partition coefficient (Wildman–Crippen LogP) is 2.35. The molecule has 126 valence electrons. The summed E-state index contributed by atoms with van der Waals surface area (Å²) in [4.78, 5) is 14.2. The molecule has 0 radical (unpaired) electrons. The topological polar surface area (TPSA) is 58.4 Å². The first-order chi connectivity index (χ1) is 9.63. The number of benzene rings is 1. The Labute approximate surface area is 145 Å². The van der Waals surface area contributed by atoms with Gasteiger partial charge in [0, 0.05) is 31.6 Å². The molecule has 0 aliphatic carbocycles. The third-order valence-electron chi connectivity index (χ3n) is 3.63. The van der Waals surface area contributed by atoms with Crippen molar-refractivity contribution in [3.05, 3.63) is 35.9 Å². The third kappa shape index (κ3) is 7.45. The molecule has 22 heavy (non-hydrogen) atoms. The molecule has 0 saturated carbocycles. The van der Waals surface area contributed by atoms with Crippen molar-refractivity contribution in [2.24, 2.45) is 5.73 Å². The highest BCUT2D eigenvalue weighted by atomic mass is 35.5. The molecule has 1 aliphatic heterocycles. The lowest BCUT2D eigenvalue weighted by Gasteiger charge is -2.33. The second-order valence-corrected chi connectivity index (χ2v) is 5.81. The summed E-state index contributed by atoms with van der Waals surface area (Å²) in [5, 5.41) is 3.11. The van der Waals surface area contributed by atoms with E-state index >= 15 is 0 Å². The lowest BCUT2D eigenvalue weighted by Crippen LogP contribution is -2.48. The zero-order chi connectivity index (χ0) is 14.4. The number of rotatable bonds is 5. The van der Waals surface area contributed by atoms with E-state index in [-0.39, 0.29) is 42.8 Å². The highest BCUT2D eigenvalue weighted by Gasteiger charge is 2.21. The van der Waals surface area contributed by atoms with Crippen LogP contribution in [0, 0.1) is 0 Å². The zero-order valence-corrected chi connectivity index (χ0v) is 14.7. The van der Waals surface area contributed by atoms with Gasteiger partial charge in [-0.3, -0.25) is 9.69 Å². The maximum absolute atomic E-state index is 11.8. The first-order valence-corrected chi connectivity index (χ1v) is 7.44. The normalized spacial score (nSPS) is 19.5. The van der Waals surface area contributed by atoms with E-state index in [1.54, 1.807) is 0 Å². The van der Waals surface area contributed by atoms with Crippen LogP contribution in [0.1, 0.15) is 31.7 Å². The zero-order valence-electron chi connectivity index (χ0n) is 13.0. The fourth-order valence-electron chi connectivity index (χ4n) is 2.74. The van der Waals surface area contributed by atoms with E-state index < -0.39 is 0 Å². The van der Waals surface area contributed by atoms with E-state index in [0.29, 0.717) is 6.42 Å². The summed E-state index contributed by atoms with van der Waals surface area (Å²) in [5.74, 6) is 0.0755. The van der Waals surface area contributed by atoms with E-state index in [2.05, 4.69) is 34.5 Å². The van der Waals surface area contributed by atoms with Crippen molar-refractivity contribution in [1.82, 2.24) is 10.2 Å². The molecule has 0 aromatic heterocycles. The summed E-state index contributed by atoms with van der Waals surface area (Å²) in [7, 11) is 0. The Balaban J connectivity index is 0.00000220. The number of carbonyl (C=O) groups is 1. The van der Waals surface area contributed by atoms with Gasteiger partial charge >= 0.3 is 0 Å². The SMILES string of the molecule is CC(N)CC(=O)NC1CCCN(Cc2ccccc2)C1.Cl.Cl. The van der Waals surface area contributed by atoms with Crippen molar-refractivity contribution in [3.8, 4) is 0 Å². The quantitative estimate of drug-likeness (QED) is 0.859. The molecule has 2 rings (SSSR count). The van der Waals surface area contributed by atoms with Gasteiger partial charge in [0.25, 0.3) is 0 Å². The Hall–Kier alpha value is -0.810. The van der Waals surface area contributed by atoms with Crippen LogP contribution in [0.3, 0.4) is 0 Å². The second-order valence-electron chi connectivity index (χ2n) is 5.81.